The number of carbonyl (C=O) groups excluding carboxylic acids is 2. The molecule has 1 fully saturated rings. The highest BCUT2D eigenvalue weighted by Crippen LogP contribution is 2.24. The van der Waals surface area contributed by atoms with Crippen LogP contribution in [0.15, 0.2) is 0 Å². The van der Waals surface area contributed by atoms with Crippen molar-refractivity contribution < 1.29 is 9.59 Å². The Kier molecular flexibility index (Phi) is 8.02. The van der Waals surface area contributed by atoms with E-state index in [0.717, 1.165) is 19.3 Å². The van der Waals surface area contributed by atoms with Crippen LogP contribution >= 0.6 is 12.4 Å². The van der Waals surface area contributed by atoms with Crippen LogP contribution in [0.5, 0.6) is 0 Å². The Bertz CT molecular complexity index is 310. The van der Waals surface area contributed by atoms with Crippen LogP contribution in [0.3, 0.4) is 0 Å². The maximum atomic E-state index is 11.9. The number of nitrogens with one attached hydrogen (secondary N) is 1. The Balaban J connectivity index is 0.00000324. The highest BCUT2D eigenvalue weighted by atomic mass is 35.5. The number of hydrogen-bond acceptors (Lipinski definition) is 3. The molecule has 5 nitrogen and oxygen atoms in total. The molecule has 1 aliphatic rings. The van der Waals surface area contributed by atoms with Gasteiger partial charge < -0.3 is 16.8 Å². The minimum Gasteiger partial charge on any atom is -0.369 e. The Hall–Kier alpha value is -0.810. The molecule has 1 aliphatic carbocycles. The molecule has 0 aromatic heterocycles. The molecule has 0 heterocycles. The van der Waals surface area contributed by atoms with Crippen molar-refractivity contribution >= 4 is 24.2 Å². The predicted octanol–water partition coefficient (Wildman–Crippen LogP) is 0.942. The molecule has 5 N–H and O–H groups in total. The number of amides is 2. The van der Waals surface area contributed by atoms with Gasteiger partial charge in [0, 0.05) is 12.0 Å². The summed E-state index contributed by atoms with van der Waals surface area (Å²) in [6.07, 6.45) is 3.99. The van der Waals surface area contributed by atoms with E-state index >= 15 is 0 Å². The number of halogens is 1. The number of primary amides is 1. The minimum absolute atomic E-state index is 0. The summed E-state index contributed by atoms with van der Waals surface area (Å²) in [5.74, 6) is -0.0832. The van der Waals surface area contributed by atoms with Crippen LogP contribution in [-0.2, 0) is 9.59 Å². The van der Waals surface area contributed by atoms with Gasteiger partial charge in [-0.3, -0.25) is 9.59 Å². The number of nitrogens with two attached hydrogens (primary N) is 2. The normalized spacial score (nSPS) is 24.4. The predicted molar refractivity (Wildman–Crippen MR) is 77.8 cm³/mol. The fourth-order valence-electron chi connectivity index (χ4n) is 2.50. The van der Waals surface area contributed by atoms with Gasteiger partial charge in [0.25, 0.3) is 0 Å². The molecule has 19 heavy (non-hydrogen) atoms. The van der Waals surface area contributed by atoms with Crippen LogP contribution in [0.2, 0.25) is 0 Å². The van der Waals surface area contributed by atoms with Crippen LogP contribution in [-0.4, -0.2) is 23.9 Å². The van der Waals surface area contributed by atoms with Crippen LogP contribution in [0.25, 0.3) is 0 Å². The zero-order chi connectivity index (χ0) is 13.7. The lowest BCUT2D eigenvalue weighted by atomic mass is 9.85. The molecule has 1 saturated carbocycles. The van der Waals surface area contributed by atoms with Crippen molar-refractivity contribution in [1.82, 2.24) is 5.32 Å². The fraction of sp³-hybridized carbons (Fsp3) is 0.846. The molecule has 2 amide bonds. The van der Waals surface area contributed by atoms with E-state index < -0.39 is 6.04 Å². The minimum atomic E-state index is -0.459. The first-order valence-corrected chi connectivity index (χ1v) is 6.75. The largest absolute Gasteiger partial charge is 0.369 e. The Morgan fingerprint density at radius 2 is 1.95 bits per heavy atom. The molecule has 0 aliphatic heterocycles. The summed E-state index contributed by atoms with van der Waals surface area (Å²) in [6.45, 7) is 4.08. The van der Waals surface area contributed by atoms with Crippen molar-refractivity contribution in [3.63, 3.8) is 0 Å². The van der Waals surface area contributed by atoms with Gasteiger partial charge in [0.15, 0.2) is 0 Å². The van der Waals surface area contributed by atoms with Crippen molar-refractivity contribution in [2.24, 2.45) is 23.3 Å². The highest BCUT2D eigenvalue weighted by molar-refractivity contribution is 5.85. The van der Waals surface area contributed by atoms with E-state index in [1.54, 1.807) is 0 Å². The molecule has 6 heteroatoms. The molecule has 0 bridgehead atoms. The monoisotopic (exact) mass is 291 g/mol. The first-order chi connectivity index (χ1) is 8.40. The SMILES string of the molecule is CC(C)C[C@H](N)C(=O)NC1CCCC(C(N)=O)C1.Cl. The van der Waals surface area contributed by atoms with E-state index in [4.69, 9.17) is 11.5 Å². The van der Waals surface area contributed by atoms with Crippen LogP contribution in [0.4, 0.5) is 0 Å². The van der Waals surface area contributed by atoms with Gasteiger partial charge in [0.2, 0.25) is 11.8 Å². The van der Waals surface area contributed by atoms with Crippen molar-refractivity contribution in [1.29, 1.82) is 0 Å². The molecular weight excluding hydrogens is 266 g/mol. The van der Waals surface area contributed by atoms with Gasteiger partial charge in [-0.25, -0.2) is 0 Å². The van der Waals surface area contributed by atoms with Crippen molar-refractivity contribution in [3.05, 3.63) is 0 Å². The summed E-state index contributed by atoms with van der Waals surface area (Å²) in [5, 5.41) is 2.94. The summed E-state index contributed by atoms with van der Waals surface area (Å²) >= 11 is 0. The van der Waals surface area contributed by atoms with Crippen LogP contribution < -0.4 is 16.8 Å². The molecule has 112 valence electrons. The lowest BCUT2D eigenvalue weighted by molar-refractivity contribution is -0.126. The quantitative estimate of drug-likeness (QED) is 0.703. The molecule has 0 aromatic carbocycles. The average Bonchev–Trinajstić information content (AvgIpc) is 2.28. The first kappa shape index (κ1) is 18.2. The van der Waals surface area contributed by atoms with E-state index in [2.05, 4.69) is 5.32 Å². The standard InChI is InChI=1S/C13H25N3O2.ClH/c1-8(2)6-11(14)13(18)16-10-5-3-4-9(7-10)12(15)17;/h8-11H,3-7,14H2,1-2H3,(H2,15,17)(H,16,18);1H/t9?,10?,11-;/m0./s1. The summed E-state index contributed by atoms with van der Waals surface area (Å²) < 4.78 is 0. The first-order valence-electron chi connectivity index (χ1n) is 6.75. The van der Waals surface area contributed by atoms with Crippen molar-refractivity contribution in [3.8, 4) is 0 Å². The third-order valence-corrected chi connectivity index (χ3v) is 3.49. The number of rotatable bonds is 5. The third kappa shape index (κ3) is 6.25. The second-order valence-electron chi connectivity index (χ2n) is 5.71. The zero-order valence-corrected chi connectivity index (χ0v) is 12.5. The van der Waals surface area contributed by atoms with Gasteiger partial charge in [-0.1, -0.05) is 20.3 Å². The fourth-order valence-corrected chi connectivity index (χ4v) is 2.50. The second kappa shape index (κ2) is 8.38. The summed E-state index contributed by atoms with van der Waals surface area (Å²) in [6, 6.07) is -0.416. The maximum Gasteiger partial charge on any atom is 0.237 e. The lowest BCUT2D eigenvalue weighted by Gasteiger charge is -2.29. The second-order valence-corrected chi connectivity index (χ2v) is 5.71. The van der Waals surface area contributed by atoms with E-state index in [1.807, 2.05) is 13.8 Å². The van der Waals surface area contributed by atoms with Gasteiger partial charge in [-0.05, 0) is 31.6 Å². The Morgan fingerprint density at radius 3 is 2.47 bits per heavy atom. The van der Waals surface area contributed by atoms with Gasteiger partial charge in [0.05, 0.1) is 6.04 Å². The van der Waals surface area contributed by atoms with Crippen molar-refractivity contribution in [2.45, 2.75) is 58.0 Å². The molecular formula is C13H26ClN3O2. The van der Waals surface area contributed by atoms with Crippen LogP contribution in [0, 0.1) is 11.8 Å². The lowest BCUT2D eigenvalue weighted by Crippen LogP contribution is -2.48. The topological polar surface area (TPSA) is 98.2 Å². The molecule has 0 spiro atoms. The summed E-state index contributed by atoms with van der Waals surface area (Å²) in [7, 11) is 0. The van der Waals surface area contributed by atoms with E-state index in [0.29, 0.717) is 18.8 Å². The Labute approximate surface area is 121 Å². The number of hydrogen-bond donors (Lipinski definition) is 3. The summed E-state index contributed by atoms with van der Waals surface area (Å²) in [4.78, 5) is 23.0. The third-order valence-electron chi connectivity index (χ3n) is 3.49. The molecule has 0 saturated heterocycles. The Morgan fingerprint density at radius 1 is 1.32 bits per heavy atom. The van der Waals surface area contributed by atoms with E-state index in [9.17, 15) is 9.59 Å². The maximum absolute atomic E-state index is 11.9. The number of carbonyl (C=O) groups is 2. The molecule has 1 rings (SSSR count). The van der Waals surface area contributed by atoms with E-state index in [1.165, 1.54) is 0 Å². The van der Waals surface area contributed by atoms with Crippen LogP contribution in [0.1, 0.15) is 46.0 Å². The van der Waals surface area contributed by atoms with Gasteiger partial charge in [-0.15, -0.1) is 12.4 Å². The molecule has 0 radical (unpaired) electrons. The van der Waals surface area contributed by atoms with Gasteiger partial charge in [0.1, 0.15) is 0 Å². The molecule has 0 aromatic rings. The molecule has 2 unspecified atom stereocenters. The summed E-state index contributed by atoms with van der Waals surface area (Å²) in [5.41, 5.74) is 11.1. The molecule has 3 atom stereocenters. The van der Waals surface area contributed by atoms with Gasteiger partial charge in [-0.2, -0.15) is 0 Å². The zero-order valence-electron chi connectivity index (χ0n) is 11.7. The smallest absolute Gasteiger partial charge is 0.237 e. The average molecular weight is 292 g/mol. The van der Waals surface area contributed by atoms with Gasteiger partial charge >= 0.3 is 0 Å². The van der Waals surface area contributed by atoms with Crippen molar-refractivity contribution in [2.75, 3.05) is 0 Å². The van der Waals surface area contributed by atoms with E-state index in [-0.39, 0.29) is 36.2 Å². The highest BCUT2D eigenvalue weighted by Gasteiger charge is 2.27.